The minimum Gasteiger partial charge on any atom is -0.444 e. The Balaban J connectivity index is 0.00000210. The fourth-order valence-corrected chi connectivity index (χ4v) is 3.34. The number of aliphatic imine (C=N–C) groups is 1. The van der Waals surface area contributed by atoms with Crippen LogP contribution < -0.4 is 11.1 Å². The van der Waals surface area contributed by atoms with Gasteiger partial charge in [0.15, 0.2) is 5.96 Å². The molecule has 1 aromatic heterocycles. The molecule has 5 nitrogen and oxygen atoms in total. The van der Waals surface area contributed by atoms with Crippen LogP contribution in [-0.2, 0) is 19.4 Å². The number of nitrogens with one attached hydrogen (secondary N) is 1. The molecule has 1 aliphatic carbocycles. The van der Waals surface area contributed by atoms with Crippen LogP contribution in [-0.4, -0.2) is 10.9 Å². The SMILES string of the molecule is I.NC(=NCc1coc(-c2ccccc2)n1)Nc1cccc2c1CCCC2. The Labute approximate surface area is 176 Å². The molecule has 2 aromatic carbocycles. The average Bonchev–Trinajstić information content (AvgIpc) is 3.17. The topological polar surface area (TPSA) is 76.4 Å². The number of rotatable bonds is 4. The molecule has 0 fully saturated rings. The van der Waals surface area contributed by atoms with Crippen molar-refractivity contribution in [2.45, 2.75) is 32.2 Å². The Morgan fingerprint density at radius 3 is 2.74 bits per heavy atom. The van der Waals surface area contributed by atoms with Gasteiger partial charge in [-0.3, -0.25) is 0 Å². The maximum Gasteiger partial charge on any atom is 0.226 e. The van der Waals surface area contributed by atoms with Gasteiger partial charge >= 0.3 is 0 Å². The largest absolute Gasteiger partial charge is 0.444 e. The van der Waals surface area contributed by atoms with E-state index in [1.54, 1.807) is 6.26 Å². The molecule has 4 rings (SSSR count). The van der Waals surface area contributed by atoms with Crippen LogP contribution in [0.1, 0.15) is 29.7 Å². The van der Waals surface area contributed by atoms with E-state index in [4.69, 9.17) is 10.2 Å². The third-order valence-electron chi connectivity index (χ3n) is 4.64. The Hall–Kier alpha value is -2.35. The van der Waals surface area contributed by atoms with Gasteiger partial charge in [-0.15, -0.1) is 24.0 Å². The van der Waals surface area contributed by atoms with Gasteiger partial charge in [0.1, 0.15) is 12.0 Å². The lowest BCUT2D eigenvalue weighted by atomic mass is 9.90. The van der Waals surface area contributed by atoms with Gasteiger partial charge in [-0.25, -0.2) is 9.98 Å². The zero-order valence-electron chi connectivity index (χ0n) is 15.0. The third kappa shape index (κ3) is 4.68. The Kier molecular flexibility index (Phi) is 6.49. The Morgan fingerprint density at radius 2 is 1.89 bits per heavy atom. The molecule has 0 amide bonds. The number of hydrogen-bond donors (Lipinski definition) is 2. The van der Waals surface area contributed by atoms with Gasteiger partial charge in [0.2, 0.25) is 5.89 Å². The third-order valence-corrected chi connectivity index (χ3v) is 4.64. The van der Waals surface area contributed by atoms with Crippen molar-refractivity contribution in [3.05, 3.63) is 71.6 Å². The Bertz CT molecular complexity index is 921. The van der Waals surface area contributed by atoms with Crippen LogP contribution in [0.5, 0.6) is 0 Å². The highest BCUT2D eigenvalue weighted by molar-refractivity contribution is 14.0. The molecule has 3 aromatic rings. The molecule has 140 valence electrons. The van der Waals surface area contributed by atoms with Crippen molar-refractivity contribution in [2.75, 3.05) is 5.32 Å². The zero-order valence-corrected chi connectivity index (χ0v) is 17.4. The summed E-state index contributed by atoms with van der Waals surface area (Å²) in [4.78, 5) is 8.88. The second-order valence-electron chi connectivity index (χ2n) is 6.49. The van der Waals surface area contributed by atoms with E-state index >= 15 is 0 Å². The van der Waals surface area contributed by atoms with Crippen molar-refractivity contribution in [3.8, 4) is 11.5 Å². The second kappa shape index (κ2) is 9.03. The molecule has 0 bridgehead atoms. The number of oxazole rings is 1. The first-order chi connectivity index (χ1) is 12.8. The zero-order chi connectivity index (χ0) is 17.8. The summed E-state index contributed by atoms with van der Waals surface area (Å²) < 4.78 is 5.53. The first-order valence-electron chi connectivity index (χ1n) is 8.97. The van der Waals surface area contributed by atoms with Gasteiger partial charge < -0.3 is 15.5 Å². The summed E-state index contributed by atoms with van der Waals surface area (Å²) in [6.45, 7) is 0.379. The summed E-state index contributed by atoms with van der Waals surface area (Å²) in [5.41, 5.74) is 11.6. The number of nitrogens with zero attached hydrogens (tertiary/aromatic N) is 2. The van der Waals surface area contributed by atoms with Crippen LogP contribution in [0.3, 0.4) is 0 Å². The second-order valence-corrected chi connectivity index (χ2v) is 6.49. The van der Waals surface area contributed by atoms with E-state index in [2.05, 4.69) is 33.5 Å². The molecule has 0 saturated carbocycles. The van der Waals surface area contributed by atoms with Crippen LogP contribution >= 0.6 is 24.0 Å². The summed E-state index contributed by atoms with van der Waals surface area (Å²) in [5, 5.41) is 3.25. The number of anilines is 1. The lowest BCUT2D eigenvalue weighted by molar-refractivity contribution is 0.572. The van der Waals surface area contributed by atoms with Gasteiger partial charge in [-0.1, -0.05) is 30.3 Å². The lowest BCUT2D eigenvalue weighted by Crippen LogP contribution is -2.24. The van der Waals surface area contributed by atoms with E-state index in [1.807, 2.05) is 30.3 Å². The monoisotopic (exact) mass is 474 g/mol. The number of guanidine groups is 1. The van der Waals surface area contributed by atoms with E-state index < -0.39 is 0 Å². The number of halogens is 1. The maximum atomic E-state index is 6.09. The molecule has 1 heterocycles. The maximum absolute atomic E-state index is 6.09. The molecule has 0 aliphatic heterocycles. The first-order valence-corrected chi connectivity index (χ1v) is 8.97. The average molecular weight is 474 g/mol. The van der Waals surface area contributed by atoms with E-state index in [0.29, 0.717) is 18.4 Å². The van der Waals surface area contributed by atoms with Crippen molar-refractivity contribution >= 4 is 35.6 Å². The summed E-state index contributed by atoms with van der Waals surface area (Å²) in [7, 11) is 0. The van der Waals surface area contributed by atoms with Crippen LogP contribution in [0, 0.1) is 0 Å². The number of nitrogens with two attached hydrogens (primary N) is 1. The van der Waals surface area contributed by atoms with Crippen LogP contribution in [0.15, 0.2) is 64.2 Å². The quantitative estimate of drug-likeness (QED) is 0.325. The van der Waals surface area contributed by atoms with Crippen LogP contribution in [0.2, 0.25) is 0 Å². The summed E-state index contributed by atoms with van der Waals surface area (Å²) >= 11 is 0. The Morgan fingerprint density at radius 1 is 1.07 bits per heavy atom. The van der Waals surface area contributed by atoms with Gasteiger partial charge in [0, 0.05) is 11.3 Å². The number of fused-ring (bicyclic) bond motifs is 1. The van der Waals surface area contributed by atoms with Crippen LogP contribution in [0.4, 0.5) is 5.69 Å². The minimum atomic E-state index is 0. The van der Waals surface area contributed by atoms with Gasteiger partial charge in [-0.2, -0.15) is 0 Å². The number of benzene rings is 2. The molecule has 6 heteroatoms. The molecular formula is C21H23IN4O. The standard InChI is InChI=1S/C21H22N4O.HI/c22-21(25-19-12-6-10-15-7-4-5-11-18(15)19)23-13-17-14-26-20(24-17)16-8-2-1-3-9-16;/h1-3,6,8-10,12,14H,4-5,7,11,13H2,(H3,22,23,25);1H. The summed E-state index contributed by atoms with van der Waals surface area (Å²) in [5.74, 6) is 0.993. The molecule has 0 saturated heterocycles. The van der Waals surface area contributed by atoms with Crippen molar-refractivity contribution in [3.63, 3.8) is 0 Å². The number of aromatic nitrogens is 1. The number of hydrogen-bond acceptors (Lipinski definition) is 3. The fourth-order valence-electron chi connectivity index (χ4n) is 3.34. The summed E-state index contributed by atoms with van der Waals surface area (Å²) in [6, 6.07) is 16.2. The highest BCUT2D eigenvalue weighted by Crippen LogP contribution is 2.27. The molecule has 0 radical (unpaired) electrons. The van der Waals surface area contributed by atoms with Crippen molar-refractivity contribution in [2.24, 2.45) is 10.7 Å². The van der Waals surface area contributed by atoms with E-state index in [-0.39, 0.29) is 24.0 Å². The predicted octanol–water partition coefficient (Wildman–Crippen LogP) is 4.77. The highest BCUT2D eigenvalue weighted by atomic mass is 127. The van der Waals surface area contributed by atoms with E-state index in [9.17, 15) is 0 Å². The van der Waals surface area contributed by atoms with Crippen molar-refractivity contribution in [1.82, 2.24) is 4.98 Å². The first kappa shape index (κ1) is 19.4. The van der Waals surface area contributed by atoms with Crippen molar-refractivity contribution < 1.29 is 4.42 Å². The van der Waals surface area contributed by atoms with Gasteiger partial charge in [0.25, 0.3) is 0 Å². The lowest BCUT2D eigenvalue weighted by Gasteiger charge is -2.19. The van der Waals surface area contributed by atoms with Crippen LogP contribution in [0.25, 0.3) is 11.5 Å². The molecular weight excluding hydrogens is 451 g/mol. The molecule has 1 aliphatic rings. The number of aryl methyl sites for hydroxylation is 1. The minimum absolute atomic E-state index is 0. The van der Waals surface area contributed by atoms with E-state index in [0.717, 1.165) is 29.8 Å². The molecule has 27 heavy (non-hydrogen) atoms. The van der Waals surface area contributed by atoms with Gasteiger partial charge in [0.05, 0.1) is 6.54 Å². The molecule has 3 N–H and O–H groups in total. The van der Waals surface area contributed by atoms with E-state index in [1.165, 1.54) is 24.0 Å². The normalized spacial score (nSPS) is 13.6. The predicted molar refractivity (Wildman–Crippen MR) is 119 cm³/mol. The molecule has 0 atom stereocenters. The van der Waals surface area contributed by atoms with Gasteiger partial charge in [-0.05, 0) is 55.0 Å². The summed E-state index contributed by atoms with van der Waals surface area (Å²) in [6.07, 6.45) is 6.35. The molecule has 0 spiro atoms. The highest BCUT2D eigenvalue weighted by Gasteiger charge is 2.13. The van der Waals surface area contributed by atoms with Crippen molar-refractivity contribution in [1.29, 1.82) is 0 Å². The molecule has 0 unspecified atom stereocenters. The smallest absolute Gasteiger partial charge is 0.226 e. The fraction of sp³-hybridized carbons (Fsp3) is 0.238.